The zero-order valence-corrected chi connectivity index (χ0v) is 14.2. The maximum absolute atomic E-state index is 4.67. The third-order valence-corrected chi connectivity index (χ3v) is 4.55. The van der Waals surface area contributed by atoms with Gasteiger partial charge in [-0.05, 0) is 30.6 Å². The summed E-state index contributed by atoms with van der Waals surface area (Å²) in [5.41, 5.74) is 0.486. The average molecular weight is 290 g/mol. The van der Waals surface area contributed by atoms with E-state index in [1.54, 1.807) is 0 Å². The summed E-state index contributed by atoms with van der Waals surface area (Å²) in [6.07, 6.45) is 3.77. The summed E-state index contributed by atoms with van der Waals surface area (Å²) in [7, 11) is 0. The van der Waals surface area contributed by atoms with Gasteiger partial charge in [0.15, 0.2) is 0 Å². The Morgan fingerprint density at radius 2 is 1.71 bits per heavy atom. The molecule has 0 spiro atoms. The molecule has 0 aromatic carbocycles. The minimum atomic E-state index is 0.342. The Balaban J connectivity index is 2.08. The fraction of sp³-hybridized carbons (Fsp3) is 0.765. The molecule has 0 aliphatic heterocycles. The third kappa shape index (κ3) is 4.08. The second-order valence-electron chi connectivity index (χ2n) is 6.95. The number of nitrogens with zero attached hydrogens (tertiary/aromatic N) is 2. The lowest BCUT2D eigenvalue weighted by molar-refractivity contribution is 0.380. The van der Waals surface area contributed by atoms with Crippen LogP contribution in [0.1, 0.15) is 65.6 Å². The Bertz CT molecular complexity index is 464. The van der Waals surface area contributed by atoms with E-state index in [9.17, 15) is 0 Å². The molecule has 1 heterocycles. The quantitative estimate of drug-likeness (QED) is 0.750. The van der Waals surface area contributed by atoms with Gasteiger partial charge in [0.1, 0.15) is 17.5 Å². The Morgan fingerprint density at radius 3 is 2.19 bits per heavy atom. The van der Waals surface area contributed by atoms with Gasteiger partial charge >= 0.3 is 0 Å². The predicted molar refractivity (Wildman–Crippen MR) is 89.9 cm³/mol. The zero-order chi connectivity index (χ0) is 15.5. The molecule has 21 heavy (non-hydrogen) atoms. The largest absolute Gasteiger partial charge is 0.370 e. The van der Waals surface area contributed by atoms with E-state index < -0.39 is 0 Å². The summed E-state index contributed by atoms with van der Waals surface area (Å²) in [5.74, 6) is 3.88. The summed E-state index contributed by atoms with van der Waals surface area (Å²) >= 11 is 0. The summed E-state index contributed by atoms with van der Waals surface area (Å²) in [6.45, 7) is 13.1. The van der Waals surface area contributed by atoms with Gasteiger partial charge in [-0.2, -0.15) is 0 Å². The van der Waals surface area contributed by atoms with E-state index >= 15 is 0 Å². The van der Waals surface area contributed by atoms with Crippen LogP contribution in [0.3, 0.4) is 0 Å². The van der Waals surface area contributed by atoms with Crippen LogP contribution in [0, 0.1) is 11.3 Å². The molecule has 1 aliphatic rings. The lowest BCUT2D eigenvalue weighted by atomic mass is 9.92. The molecule has 118 valence electrons. The maximum atomic E-state index is 4.67. The number of anilines is 2. The molecule has 1 aliphatic carbocycles. The third-order valence-electron chi connectivity index (χ3n) is 4.55. The van der Waals surface area contributed by atoms with Gasteiger partial charge in [0.05, 0.1) is 0 Å². The minimum Gasteiger partial charge on any atom is -0.370 e. The highest BCUT2D eigenvalue weighted by Crippen LogP contribution is 2.51. The van der Waals surface area contributed by atoms with Gasteiger partial charge in [-0.3, -0.25) is 0 Å². The van der Waals surface area contributed by atoms with Crippen molar-refractivity contribution in [1.82, 2.24) is 9.97 Å². The number of hydrogen-bond donors (Lipinski definition) is 2. The molecule has 4 nitrogen and oxygen atoms in total. The van der Waals surface area contributed by atoms with Crippen LogP contribution in [0.2, 0.25) is 0 Å². The van der Waals surface area contributed by atoms with E-state index in [2.05, 4.69) is 55.2 Å². The second kappa shape index (κ2) is 6.63. The summed E-state index contributed by atoms with van der Waals surface area (Å²) in [5, 5.41) is 6.92. The molecular formula is C17H30N4. The first-order valence-electron chi connectivity index (χ1n) is 8.33. The van der Waals surface area contributed by atoms with Crippen LogP contribution in [0.25, 0.3) is 0 Å². The number of nitrogens with one attached hydrogen (secondary N) is 2. The monoisotopic (exact) mass is 290 g/mol. The summed E-state index contributed by atoms with van der Waals surface area (Å²) in [6, 6.07) is 2.04. The standard InChI is InChI=1S/C17H30N4/c1-6-9-18-14-10-15(21-16(20-14)12(2)3)19-11-17(7-8-17)13(4)5/h10,12-13H,6-9,11H2,1-5H3,(H2,18,19,20,21). The molecule has 4 heteroatoms. The van der Waals surface area contributed by atoms with Gasteiger partial charge in [0.25, 0.3) is 0 Å². The molecule has 1 aromatic rings. The van der Waals surface area contributed by atoms with Crippen molar-refractivity contribution in [3.8, 4) is 0 Å². The highest BCUT2D eigenvalue weighted by Gasteiger charge is 2.44. The van der Waals surface area contributed by atoms with Crippen LogP contribution < -0.4 is 10.6 Å². The van der Waals surface area contributed by atoms with Crippen LogP contribution >= 0.6 is 0 Å². The minimum absolute atomic E-state index is 0.342. The van der Waals surface area contributed by atoms with Gasteiger partial charge in [-0.25, -0.2) is 9.97 Å². The molecule has 2 N–H and O–H groups in total. The normalized spacial score (nSPS) is 16.3. The molecule has 2 rings (SSSR count). The van der Waals surface area contributed by atoms with Gasteiger partial charge in [0, 0.05) is 25.1 Å². The molecule has 0 saturated heterocycles. The van der Waals surface area contributed by atoms with Crippen molar-refractivity contribution in [2.45, 2.75) is 59.8 Å². The fourth-order valence-electron chi connectivity index (χ4n) is 2.54. The molecule has 1 saturated carbocycles. The average Bonchev–Trinajstić information content (AvgIpc) is 3.24. The van der Waals surface area contributed by atoms with Crippen LogP contribution in [0.5, 0.6) is 0 Å². The van der Waals surface area contributed by atoms with E-state index in [0.29, 0.717) is 11.3 Å². The van der Waals surface area contributed by atoms with Gasteiger partial charge in [0.2, 0.25) is 0 Å². The predicted octanol–water partition coefficient (Wildman–Crippen LogP) is 4.27. The van der Waals surface area contributed by atoms with E-state index in [1.165, 1.54) is 12.8 Å². The smallest absolute Gasteiger partial charge is 0.135 e. The van der Waals surface area contributed by atoms with Crippen LogP contribution in [0.15, 0.2) is 6.07 Å². The molecule has 0 radical (unpaired) electrons. The lowest BCUT2D eigenvalue weighted by Crippen LogP contribution is -2.22. The Morgan fingerprint density at radius 1 is 1.10 bits per heavy atom. The number of rotatable bonds is 8. The van der Waals surface area contributed by atoms with Crippen molar-refractivity contribution in [3.63, 3.8) is 0 Å². The van der Waals surface area contributed by atoms with Crippen molar-refractivity contribution in [2.24, 2.45) is 11.3 Å². The molecule has 0 atom stereocenters. The number of aromatic nitrogens is 2. The topological polar surface area (TPSA) is 49.8 Å². The molecule has 1 fully saturated rings. The van der Waals surface area contributed by atoms with Gasteiger partial charge < -0.3 is 10.6 Å². The van der Waals surface area contributed by atoms with Crippen molar-refractivity contribution in [1.29, 1.82) is 0 Å². The van der Waals surface area contributed by atoms with Crippen LogP contribution in [0.4, 0.5) is 11.6 Å². The number of hydrogen-bond acceptors (Lipinski definition) is 4. The molecule has 1 aromatic heterocycles. The second-order valence-corrected chi connectivity index (χ2v) is 6.95. The van der Waals surface area contributed by atoms with Gasteiger partial charge in [-0.1, -0.05) is 34.6 Å². The lowest BCUT2D eigenvalue weighted by Gasteiger charge is -2.21. The Hall–Kier alpha value is -1.32. The summed E-state index contributed by atoms with van der Waals surface area (Å²) in [4.78, 5) is 9.27. The highest BCUT2D eigenvalue weighted by atomic mass is 15.1. The van der Waals surface area contributed by atoms with Crippen molar-refractivity contribution < 1.29 is 0 Å². The van der Waals surface area contributed by atoms with Crippen molar-refractivity contribution in [3.05, 3.63) is 11.9 Å². The SMILES string of the molecule is CCCNc1cc(NCC2(C(C)C)CC2)nc(C(C)C)n1. The Kier molecular flexibility index (Phi) is 5.07. The first-order chi connectivity index (χ1) is 9.97. The van der Waals surface area contributed by atoms with Crippen molar-refractivity contribution in [2.75, 3.05) is 23.7 Å². The van der Waals surface area contributed by atoms with E-state index in [-0.39, 0.29) is 0 Å². The van der Waals surface area contributed by atoms with Crippen LogP contribution in [-0.2, 0) is 0 Å². The maximum Gasteiger partial charge on any atom is 0.135 e. The fourth-order valence-corrected chi connectivity index (χ4v) is 2.54. The zero-order valence-electron chi connectivity index (χ0n) is 14.2. The van der Waals surface area contributed by atoms with E-state index in [1.807, 2.05) is 6.07 Å². The first-order valence-corrected chi connectivity index (χ1v) is 8.33. The van der Waals surface area contributed by atoms with Gasteiger partial charge in [-0.15, -0.1) is 0 Å². The molecular weight excluding hydrogens is 260 g/mol. The Labute approximate surface area is 129 Å². The first kappa shape index (κ1) is 16.1. The molecule has 0 unspecified atom stereocenters. The van der Waals surface area contributed by atoms with E-state index in [4.69, 9.17) is 0 Å². The van der Waals surface area contributed by atoms with Crippen molar-refractivity contribution >= 4 is 11.6 Å². The molecule has 0 bridgehead atoms. The highest BCUT2D eigenvalue weighted by molar-refractivity contribution is 5.48. The van der Waals surface area contributed by atoms with E-state index in [0.717, 1.165) is 42.9 Å². The summed E-state index contributed by atoms with van der Waals surface area (Å²) < 4.78 is 0. The molecule has 0 amide bonds. The van der Waals surface area contributed by atoms with Crippen LogP contribution in [-0.4, -0.2) is 23.1 Å².